The number of guanidine groups is 2. The summed E-state index contributed by atoms with van der Waals surface area (Å²) in [5, 5.41) is 24.0. The molecule has 3 rings (SSSR count). The lowest BCUT2D eigenvalue weighted by Crippen LogP contribution is -2.28. The van der Waals surface area contributed by atoms with Crippen molar-refractivity contribution in [2.75, 3.05) is 18.5 Å². The van der Waals surface area contributed by atoms with Gasteiger partial charge in [-0.2, -0.15) is 4.99 Å². The molecule has 0 amide bonds. The molecule has 0 radical (unpaired) electrons. The monoisotopic (exact) mass is 461 g/mol. The predicted octanol–water partition coefficient (Wildman–Crippen LogP) is 4.85. The molecule has 1 aliphatic heterocycles. The normalized spacial score (nSPS) is 16.5. The molecule has 0 bridgehead atoms. The Morgan fingerprint density at radius 2 is 1.94 bits per heavy atom. The third-order valence-corrected chi connectivity index (χ3v) is 5.12. The van der Waals surface area contributed by atoms with Gasteiger partial charge in [0.25, 0.3) is 5.96 Å². The van der Waals surface area contributed by atoms with E-state index < -0.39 is 0 Å². The van der Waals surface area contributed by atoms with Crippen LogP contribution in [0.2, 0.25) is 10.0 Å². The van der Waals surface area contributed by atoms with Gasteiger partial charge in [-0.25, -0.2) is 5.53 Å². The molecule has 1 saturated heterocycles. The van der Waals surface area contributed by atoms with Gasteiger partial charge in [-0.15, -0.1) is 5.11 Å². The first kappa shape index (κ1) is 22.6. The summed E-state index contributed by atoms with van der Waals surface area (Å²) in [6.45, 7) is 1.68. The Morgan fingerprint density at radius 3 is 2.52 bits per heavy atom. The summed E-state index contributed by atoms with van der Waals surface area (Å²) in [6.07, 6.45) is 2.31. The maximum atomic E-state index is 7.83. The SMILES string of the molecule is N=N/C(N=NN)=N\C(=N)Nc1cc(Cl)c(-c2ccc(OC[C@H]3CCCN3)cc2)c(Cl)c1. The number of ether oxygens (including phenoxy) is 1. The number of nitrogens with one attached hydrogen (secondary N) is 4. The summed E-state index contributed by atoms with van der Waals surface area (Å²) in [5.74, 6) is 4.96. The maximum absolute atomic E-state index is 7.83. The average molecular weight is 462 g/mol. The Morgan fingerprint density at radius 1 is 1.23 bits per heavy atom. The predicted molar refractivity (Wildman–Crippen MR) is 121 cm³/mol. The Kier molecular flexibility index (Phi) is 7.88. The molecule has 1 fully saturated rings. The molecule has 6 N–H and O–H groups in total. The van der Waals surface area contributed by atoms with Gasteiger partial charge < -0.3 is 21.2 Å². The molecule has 0 saturated carbocycles. The molecule has 1 heterocycles. The molecule has 31 heavy (non-hydrogen) atoms. The van der Waals surface area contributed by atoms with Gasteiger partial charge in [0.1, 0.15) is 12.4 Å². The van der Waals surface area contributed by atoms with Gasteiger partial charge in [0.05, 0.1) is 10.0 Å². The maximum Gasteiger partial charge on any atom is 0.292 e. The number of benzene rings is 2. The first-order valence-corrected chi connectivity index (χ1v) is 10.1. The van der Waals surface area contributed by atoms with Crippen LogP contribution in [0.3, 0.4) is 0 Å². The van der Waals surface area contributed by atoms with E-state index in [-0.39, 0.29) is 11.9 Å². The minimum Gasteiger partial charge on any atom is -0.492 e. The van der Waals surface area contributed by atoms with Crippen molar-refractivity contribution in [1.29, 1.82) is 10.9 Å². The highest BCUT2D eigenvalue weighted by atomic mass is 35.5. The van der Waals surface area contributed by atoms with E-state index in [1.165, 1.54) is 6.42 Å². The van der Waals surface area contributed by atoms with Crippen molar-refractivity contribution < 1.29 is 4.74 Å². The van der Waals surface area contributed by atoms with Crippen molar-refractivity contribution in [1.82, 2.24) is 5.32 Å². The molecule has 2 aromatic carbocycles. The lowest BCUT2D eigenvalue weighted by atomic mass is 10.0. The molecule has 1 atom stereocenters. The van der Waals surface area contributed by atoms with Crippen LogP contribution >= 0.6 is 23.2 Å². The van der Waals surface area contributed by atoms with Crippen molar-refractivity contribution in [3.63, 3.8) is 0 Å². The third kappa shape index (κ3) is 6.20. The molecule has 2 aromatic rings. The van der Waals surface area contributed by atoms with Crippen molar-refractivity contribution >= 4 is 40.8 Å². The fraction of sp³-hybridized carbons (Fsp3) is 0.263. The lowest BCUT2D eigenvalue weighted by molar-refractivity contribution is 0.277. The zero-order valence-corrected chi connectivity index (χ0v) is 17.9. The zero-order valence-electron chi connectivity index (χ0n) is 16.4. The van der Waals surface area contributed by atoms with Crippen molar-refractivity contribution in [3.8, 4) is 16.9 Å². The molecular formula is C19H21Cl2N9O. The molecular weight excluding hydrogens is 441 g/mol. The highest BCUT2D eigenvalue weighted by Gasteiger charge is 2.15. The highest BCUT2D eigenvalue weighted by molar-refractivity contribution is 6.39. The Bertz CT molecular complexity index is 979. The number of halogens is 2. The molecule has 0 unspecified atom stereocenters. The summed E-state index contributed by atoms with van der Waals surface area (Å²) in [5.41, 5.74) is 8.85. The number of aliphatic imine (C=N–C) groups is 1. The standard InChI is InChI=1S/C19H21Cl2N9O/c20-15-8-13(26-18(22)27-19(28-23)29-30-24)9-16(21)17(15)11-3-5-14(6-4-11)31-10-12-2-1-7-25-12/h3-6,8-9,12,23,25H,1-2,7,10H2,(H4,22,24,26,27,29)/t12-/m1/s1. The fourth-order valence-corrected chi connectivity index (χ4v) is 3.83. The van der Waals surface area contributed by atoms with Gasteiger partial charge in [-0.1, -0.05) is 45.7 Å². The largest absolute Gasteiger partial charge is 0.492 e. The number of hydrogen-bond acceptors (Lipinski definition) is 5. The number of rotatable bonds is 5. The molecule has 12 heteroatoms. The minimum atomic E-state index is -0.375. The van der Waals surface area contributed by atoms with E-state index in [2.05, 4.69) is 31.1 Å². The summed E-state index contributed by atoms with van der Waals surface area (Å²) < 4.78 is 5.84. The van der Waals surface area contributed by atoms with Gasteiger partial charge in [0, 0.05) is 17.3 Å². The van der Waals surface area contributed by atoms with Gasteiger partial charge >= 0.3 is 0 Å². The second-order valence-corrected chi connectivity index (χ2v) is 7.47. The van der Waals surface area contributed by atoms with E-state index in [4.69, 9.17) is 44.7 Å². The Labute approximate surface area is 188 Å². The van der Waals surface area contributed by atoms with E-state index in [0.717, 1.165) is 24.3 Å². The van der Waals surface area contributed by atoms with Crippen LogP contribution in [0, 0.1) is 10.9 Å². The van der Waals surface area contributed by atoms with Crippen LogP contribution in [0.4, 0.5) is 5.69 Å². The number of anilines is 1. The molecule has 0 aromatic heterocycles. The van der Waals surface area contributed by atoms with Crippen LogP contribution in [0.5, 0.6) is 5.75 Å². The van der Waals surface area contributed by atoms with Crippen molar-refractivity contribution in [2.45, 2.75) is 18.9 Å². The van der Waals surface area contributed by atoms with Crippen LogP contribution in [-0.4, -0.2) is 31.1 Å². The first-order chi connectivity index (χ1) is 15.0. The van der Waals surface area contributed by atoms with E-state index >= 15 is 0 Å². The molecule has 0 aliphatic carbocycles. The third-order valence-electron chi connectivity index (χ3n) is 4.52. The second-order valence-electron chi connectivity index (χ2n) is 6.66. The van der Waals surface area contributed by atoms with Crippen LogP contribution in [-0.2, 0) is 0 Å². The van der Waals surface area contributed by atoms with Gasteiger partial charge in [0.2, 0.25) is 5.96 Å². The van der Waals surface area contributed by atoms with Crippen LogP contribution in [0.25, 0.3) is 11.1 Å². The zero-order chi connectivity index (χ0) is 22.2. The Hall–Kier alpha value is -3.08. The highest BCUT2D eigenvalue weighted by Crippen LogP contribution is 2.38. The quantitative estimate of drug-likeness (QED) is 0.142. The molecule has 0 spiro atoms. The minimum absolute atomic E-state index is 0.337. The number of nitrogens with zero attached hydrogens (tertiary/aromatic N) is 4. The van der Waals surface area contributed by atoms with E-state index in [1.807, 2.05) is 24.3 Å². The van der Waals surface area contributed by atoms with Gasteiger partial charge in [0.15, 0.2) is 0 Å². The lowest BCUT2D eigenvalue weighted by Gasteiger charge is -2.14. The smallest absolute Gasteiger partial charge is 0.292 e. The van der Waals surface area contributed by atoms with E-state index in [0.29, 0.717) is 33.9 Å². The summed E-state index contributed by atoms with van der Waals surface area (Å²) >= 11 is 12.9. The number of nitrogens with two attached hydrogens (primary N) is 1. The molecule has 162 valence electrons. The first-order valence-electron chi connectivity index (χ1n) is 9.38. The summed E-state index contributed by atoms with van der Waals surface area (Å²) in [7, 11) is 0. The van der Waals surface area contributed by atoms with E-state index in [1.54, 1.807) is 12.1 Å². The van der Waals surface area contributed by atoms with Crippen molar-refractivity contribution in [3.05, 3.63) is 46.4 Å². The molecule has 1 aliphatic rings. The second kappa shape index (κ2) is 10.8. The average Bonchev–Trinajstić information content (AvgIpc) is 3.26. The van der Waals surface area contributed by atoms with E-state index in [9.17, 15) is 0 Å². The Balaban J connectivity index is 1.71. The number of hydrogen-bond donors (Lipinski definition) is 5. The van der Waals surface area contributed by atoms with Gasteiger partial charge in [-0.3, -0.25) is 5.41 Å². The van der Waals surface area contributed by atoms with Crippen LogP contribution < -0.4 is 21.2 Å². The van der Waals surface area contributed by atoms with Crippen molar-refractivity contribution in [2.24, 2.45) is 26.3 Å². The topological polar surface area (TPSA) is 156 Å². The summed E-state index contributed by atoms with van der Waals surface area (Å²) in [6, 6.07) is 11.2. The fourth-order valence-electron chi connectivity index (χ4n) is 3.12. The summed E-state index contributed by atoms with van der Waals surface area (Å²) in [4.78, 5) is 3.67. The van der Waals surface area contributed by atoms with Gasteiger partial charge in [-0.05, 0) is 49.2 Å². The molecule has 10 nitrogen and oxygen atoms in total. The van der Waals surface area contributed by atoms with Crippen LogP contribution in [0.15, 0.2) is 56.8 Å². The van der Waals surface area contributed by atoms with Crippen LogP contribution in [0.1, 0.15) is 12.8 Å².